The van der Waals surface area contributed by atoms with Crippen LogP contribution < -0.4 is 4.31 Å². The van der Waals surface area contributed by atoms with E-state index in [0.29, 0.717) is 10.9 Å². The summed E-state index contributed by atoms with van der Waals surface area (Å²) < 4.78 is 40.2. The van der Waals surface area contributed by atoms with Crippen molar-refractivity contribution in [2.45, 2.75) is 9.79 Å². The zero-order chi connectivity index (χ0) is 17.7. The maximum atomic E-state index is 13.0. The topological polar surface area (TPSA) is 50.3 Å². The first-order valence-electron chi connectivity index (χ1n) is 7.43. The van der Waals surface area contributed by atoms with Crippen LogP contribution in [0.1, 0.15) is 0 Å². The van der Waals surface area contributed by atoms with Gasteiger partial charge in [0, 0.05) is 28.8 Å². The molecule has 0 fully saturated rings. The minimum absolute atomic E-state index is 0.233. The number of nitrogens with zero attached hydrogens (tertiary/aromatic N) is 2. The molecule has 2 aromatic carbocycles. The molecule has 0 atom stereocenters. The molecule has 0 amide bonds. The van der Waals surface area contributed by atoms with Gasteiger partial charge in [0.25, 0.3) is 10.0 Å². The van der Waals surface area contributed by atoms with Gasteiger partial charge in [0.15, 0.2) is 5.13 Å². The third-order valence-corrected chi connectivity index (χ3v) is 7.05. The van der Waals surface area contributed by atoms with E-state index in [1.807, 2.05) is 0 Å². The average Bonchev–Trinajstić information content (AvgIpc) is 3.15. The van der Waals surface area contributed by atoms with Crippen molar-refractivity contribution in [1.82, 2.24) is 4.98 Å². The minimum Gasteiger partial charge on any atom is -0.240 e. The van der Waals surface area contributed by atoms with Gasteiger partial charge in [-0.25, -0.2) is 22.1 Å². The summed E-state index contributed by atoms with van der Waals surface area (Å²) in [6.07, 6.45) is 1.58. The van der Waals surface area contributed by atoms with E-state index in [2.05, 4.69) is 4.98 Å². The van der Waals surface area contributed by atoms with Gasteiger partial charge in [0.05, 0.1) is 4.90 Å². The highest BCUT2D eigenvalue weighted by Gasteiger charge is 2.26. The standard InChI is InChI=1S/C17H15FN2O2S3/c18-14-6-8-15(9-7-14)23-13-11-20(17-19-10-12-24-17)25(21,22)16-4-2-1-3-5-16/h1-10,12H,11,13H2. The van der Waals surface area contributed by atoms with Gasteiger partial charge in [-0.15, -0.1) is 23.1 Å². The zero-order valence-electron chi connectivity index (χ0n) is 13.1. The van der Waals surface area contributed by atoms with Crippen LogP contribution in [0, 0.1) is 5.82 Å². The molecule has 0 bridgehead atoms. The van der Waals surface area contributed by atoms with E-state index in [9.17, 15) is 12.8 Å². The smallest absolute Gasteiger partial charge is 0.240 e. The Morgan fingerprint density at radius 1 is 1.08 bits per heavy atom. The molecule has 0 spiro atoms. The number of aromatic nitrogens is 1. The molecule has 1 heterocycles. The Bertz CT molecular complexity index is 899. The summed E-state index contributed by atoms with van der Waals surface area (Å²) >= 11 is 2.75. The van der Waals surface area contributed by atoms with E-state index in [-0.39, 0.29) is 17.3 Å². The van der Waals surface area contributed by atoms with Gasteiger partial charge in [-0.05, 0) is 36.4 Å². The minimum atomic E-state index is -3.68. The molecule has 3 rings (SSSR count). The monoisotopic (exact) mass is 394 g/mol. The number of sulfonamides is 1. The lowest BCUT2D eigenvalue weighted by molar-refractivity contribution is 0.592. The number of anilines is 1. The molecule has 25 heavy (non-hydrogen) atoms. The fraction of sp³-hybridized carbons (Fsp3) is 0.118. The number of hydrogen-bond acceptors (Lipinski definition) is 5. The fourth-order valence-corrected chi connectivity index (χ4v) is 5.45. The molecule has 0 aliphatic rings. The second-order valence-electron chi connectivity index (χ2n) is 5.01. The lowest BCUT2D eigenvalue weighted by Gasteiger charge is -2.21. The van der Waals surface area contributed by atoms with Crippen molar-refractivity contribution in [3.05, 3.63) is 72.0 Å². The summed E-state index contributed by atoms with van der Waals surface area (Å²) in [5, 5.41) is 2.18. The molecular formula is C17H15FN2O2S3. The highest BCUT2D eigenvalue weighted by Crippen LogP contribution is 2.27. The van der Waals surface area contributed by atoms with Gasteiger partial charge < -0.3 is 0 Å². The number of halogens is 1. The molecule has 0 aliphatic heterocycles. The van der Waals surface area contributed by atoms with E-state index in [4.69, 9.17) is 0 Å². The van der Waals surface area contributed by atoms with Crippen LogP contribution >= 0.6 is 23.1 Å². The van der Waals surface area contributed by atoms with Gasteiger partial charge in [-0.1, -0.05) is 18.2 Å². The first kappa shape index (κ1) is 17.9. The van der Waals surface area contributed by atoms with E-state index in [1.54, 1.807) is 54.0 Å². The first-order chi connectivity index (χ1) is 12.1. The second-order valence-corrected chi connectivity index (χ2v) is 8.91. The Kier molecular flexibility index (Phi) is 5.72. The largest absolute Gasteiger partial charge is 0.266 e. The van der Waals surface area contributed by atoms with E-state index in [1.165, 1.54) is 39.5 Å². The lowest BCUT2D eigenvalue weighted by atomic mass is 10.4. The molecule has 0 aliphatic carbocycles. The summed E-state index contributed by atoms with van der Waals surface area (Å²) in [6.45, 7) is 0.271. The van der Waals surface area contributed by atoms with Crippen LogP contribution in [0.25, 0.3) is 0 Å². The van der Waals surface area contributed by atoms with Crippen molar-refractivity contribution < 1.29 is 12.8 Å². The van der Waals surface area contributed by atoms with Crippen LogP contribution in [0.5, 0.6) is 0 Å². The van der Waals surface area contributed by atoms with Crippen molar-refractivity contribution in [3.8, 4) is 0 Å². The number of benzene rings is 2. The number of hydrogen-bond donors (Lipinski definition) is 0. The molecule has 130 valence electrons. The molecule has 4 nitrogen and oxygen atoms in total. The lowest BCUT2D eigenvalue weighted by Crippen LogP contribution is -2.33. The van der Waals surface area contributed by atoms with Gasteiger partial charge in [-0.2, -0.15) is 0 Å². The normalized spacial score (nSPS) is 11.4. The van der Waals surface area contributed by atoms with Gasteiger partial charge in [0.1, 0.15) is 5.82 Å². The summed E-state index contributed by atoms with van der Waals surface area (Å²) in [4.78, 5) is 5.27. The molecule has 3 aromatic rings. The predicted octanol–water partition coefficient (Wildman–Crippen LogP) is 4.27. The predicted molar refractivity (Wildman–Crippen MR) is 100 cm³/mol. The number of thioether (sulfide) groups is 1. The third-order valence-electron chi connectivity index (χ3n) is 3.34. The molecule has 8 heteroatoms. The van der Waals surface area contributed by atoms with Crippen LogP contribution in [-0.4, -0.2) is 25.7 Å². The van der Waals surface area contributed by atoms with Crippen LogP contribution in [0.15, 0.2) is 76.0 Å². The van der Waals surface area contributed by atoms with Crippen molar-refractivity contribution in [1.29, 1.82) is 0 Å². The van der Waals surface area contributed by atoms with Crippen LogP contribution in [0.2, 0.25) is 0 Å². The maximum absolute atomic E-state index is 13.0. The first-order valence-corrected chi connectivity index (χ1v) is 10.7. The Hall–Kier alpha value is -1.90. The molecule has 0 radical (unpaired) electrons. The van der Waals surface area contributed by atoms with Crippen molar-refractivity contribution in [3.63, 3.8) is 0 Å². The molecule has 1 aromatic heterocycles. The van der Waals surface area contributed by atoms with Crippen molar-refractivity contribution in [2.24, 2.45) is 0 Å². The number of rotatable bonds is 7. The summed E-state index contributed by atoms with van der Waals surface area (Å²) in [6, 6.07) is 14.5. The Labute approximate surface area is 154 Å². The fourth-order valence-electron chi connectivity index (χ4n) is 2.15. The maximum Gasteiger partial charge on any atom is 0.266 e. The second kappa shape index (κ2) is 7.99. The van der Waals surface area contributed by atoms with Gasteiger partial charge in [0.2, 0.25) is 0 Å². The van der Waals surface area contributed by atoms with Crippen LogP contribution in [0.4, 0.5) is 9.52 Å². The quantitative estimate of drug-likeness (QED) is 0.562. The summed E-state index contributed by atoms with van der Waals surface area (Å²) in [7, 11) is -3.68. The highest BCUT2D eigenvalue weighted by atomic mass is 32.2. The zero-order valence-corrected chi connectivity index (χ0v) is 15.5. The Morgan fingerprint density at radius 3 is 2.44 bits per heavy atom. The molecule has 0 unspecified atom stereocenters. The average molecular weight is 395 g/mol. The van der Waals surface area contributed by atoms with Crippen LogP contribution in [-0.2, 0) is 10.0 Å². The van der Waals surface area contributed by atoms with Crippen molar-refractivity contribution in [2.75, 3.05) is 16.6 Å². The van der Waals surface area contributed by atoms with E-state index >= 15 is 0 Å². The molecule has 0 N–H and O–H groups in total. The van der Waals surface area contributed by atoms with E-state index in [0.717, 1.165) is 4.90 Å². The van der Waals surface area contributed by atoms with Gasteiger partial charge >= 0.3 is 0 Å². The van der Waals surface area contributed by atoms with Crippen LogP contribution in [0.3, 0.4) is 0 Å². The summed E-state index contributed by atoms with van der Waals surface area (Å²) in [5.41, 5.74) is 0. The SMILES string of the molecule is O=S(=O)(c1ccccc1)N(CCSc1ccc(F)cc1)c1nccs1. The Balaban J connectivity index is 1.78. The number of thiazole rings is 1. The van der Waals surface area contributed by atoms with Crippen molar-refractivity contribution >= 4 is 38.3 Å². The Morgan fingerprint density at radius 2 is 1.80 bits per heavy atom. The molecule has 0 saturated carbocycles. The molecular weight excluding hydrogens is 379 g/mol. The highest BCUT2D eigenvalue weighted by molar-refractivity contribution is 7.99. The molecule has 0 saturated heterocycles. The summed E-state index contributed by atoms with van der Waals surface area (Å²) in [5.74, 6) is 0.234. The van der Waals surface area contributed by atoms with Gasteiger partial charge in [-0.3, -0.25) is 0 Å². The van der Waals surface area contributed by atoms with E-state index < -0.39 is 10.0 Å². The third kappa shape index (κ3) is 4.39.